The highest BCUT2D eigenvalue weighted by atomic mass is 32.1. The molecule has 0 saturated carbocycles. The normalized spacial score (nSPS) is 14.0. The van der Waals surface area contributed by atoms with Crippen LogP contribution in [0, 0.1) is 10.6 Å². The summed E-state index contributed by atoms with van der Waals surface area (Å²) in [6.45, 7) is 3.78. The smallest absolute Gasteiger partial charge is 0.222 e. The van der Waals surface area contributed by atoms with E-state index in [1.54, 1.807) is 12.1 Å². The number of anilines is 2. The van der Waals surface area contributed by atoms with Gasteiger partial charge < -0.3 is 20.1 Å². The SMILES string of the molecule is O=C(CCCCCNc1nc(=S)[nH]c2ccccc12)N1CCN(c2ccc(F)cc2)CC1. The van der Waals surface area contributed by atoms with Crippen molar-refractivity contribution in [1.82, 2.24) is 14.9 Å². The summed E-state index contributed by atoms with van der Waals surface area (Å²) in [5.41, 5.74) is 1.98. The number of unbranched alkanes of at least 4 members (excludes halogenated alkanes) is 2. The van der Waals surface area contributed by atoms with Gasteiger partial charge in [0, 0.05) is 50.2 Å². The number of fused-ring (bicyclic) bond motifs is 1. The molecule has 0 atom stereocenters. The second kappa shape index (κ2) is 10.5. The van der Waals surface area contributed by atoms with Crippen molar-refractivity contribution < 1.29 is 9.18 Å². The second-order valence-electron chi connectivity index (χ2n) is 8.02. The third-order valence-electron chi connectivity index (χ3n) is 5.82. The van der Waals surface area contributed by atoms with E-state index >= 15 is 0 Å². The molecule has 8 heteroatoms. The fourth-order valence-electron chi connectivity index (χ4n) is 4.05. The summed E-state index contributed by atoms with van der Waals surface area (Å²) in [6, 6.07) is 14.5. The second-order valence-corrected chi connectivity index (χ2v) is 8.40. The number of carbonyl (C=O) groups excluding carboxylic acids is 1. The number of para-hydroxylation sites is 1. The van der Waals surface area contributed by atoms with E-state index in [1.807, 2.05) is 29.2 Å². The molecular formula is C24H28FN5OS. The Bertz CT molecular complexity index is 1110. The molecule has 6 nitrogen and oxygen atoms in total. The molecular weight excluding hydrogens is 425 g/mol. The van der Waals surface area contributed by atoms with Gasteiger partial charge in [0.1, 0.15) is 11.6 Å². The molecule has 4 rings (SSSR count). The molecule has 1 aliphatic rings. The van der Waals surface area contributed by atoms with Gasteiger partial charge in [-0.05, 0) is 61.5 Å². The van der Waals surface area contributed by atoms with Crippen molar-refractivity contribution in [3.8, 4) is 0 Å². The van der Waals surface area contributed by atoms with Crippen LogP contribution < -0.4 is 10.2 Å². The van der Waals surface area contributed by atoms with Crippen molar-refractivity contribution in [3.05, 3.63) is 59.1 Å². The Balaban J connectivity index is 1.15. The van der Waals surface area contributed by atoms with Crippen molar-refractivity contribution in [1.29, 1.82) is 0 Å². The van der Waals surface area contributed by atoms with Crippen molar-refractivity contribution in [2.24, 2.45) is 0 Å². The molecule has 168 valence electrons. The molecule has 1 saturated heterocycles. The number of amides is 1. The lowest BCUT2D eigenvalue weighted by Gasteiger charge is -2.36. The highest BCUT2D eigenvalue weighted by molar-refractivity contribution is 7.71. The van der Waals surface area contributed by atoms with Gasteiger partial charge in [-0.1, -0.05) is 18.6 Å². The largest absolute Gasteiger partial charge is 0.369 e. The predicted molar refractivity (Wildman–Crippen MR) is 129 cm³/mol. The maximum atomic E-state index is 13.1. The first-order chi connectivity index (χ1) is 15.6. The van der Waals surface area contributed by atoms with Gasteiger partial charge in [0.15, 0.2) is 4.77 Å². The minimum atomic E-state index is -0.227. The fourth-order valence-corrected chi connectivity index (χ4v) is 4.25. The maximum Gasteiger partial charge on any atom is 0.222 e. The first-order valence-electron chi connectivity index (χ1n) is 11.1. The van der Waals surface area contributed by atoms with Crippen LogP contribution in [-0.4, -0.2) is 53.5 Å². The zero-order valence-corrected chi connectivity index (χ0v) is 18.8. The molecule has 2 aromatic carbocycles. The zero-order chi connectivity index (χ0) is 22.3. The molecule has 1 aromatic heterocycles. The number of nitrogens with zero attached hydrogens (tertiary/aromatic N) is 3. The Kier molecular flexibility index (Phi) is 7.32. The number of halogens is 1. The third kappa shape index (κ3) is 5.62. The lowest BCUT2D eigenvalue weighted by molar-refractivity contribution is -0.131. The molecule has 1 fully saturated rings. The van der Waals surface area contributed by atoms with Crippen LogP contribution >= 0.6 is 12.2 Å². The summed E-state index contributed by atoms with van der Waals surface area (Å²) in [5, 5.41) is 4.41. The van der Waals surface area contributed by atoms with Gasteiger partial charge >= 0.3 is 0 Å². The number of H-pyrrole nitrogens is 1. The number of carbonyl (C=O) groups is 1. The minimum Gasteiger partial charge on any atom is -0.369 e. The lowest BCUT2D eigenvalue weighted by atomic mass is 10.1. The highest BCUT2D eigenvalue weighted by Crippen LogP contribution is 2.20. The van der Waals surface area contributed by atoms with E-state index in [1.165, 1.54) is 12.1 Å². The van der Waals surface area contributed by atoms with Gasteiger partial charge in [0.05, 0.1) is 5.52 Å². The molecule has 2 heterocycles. The van der Waals surface area contributed by atoms with Crippen molar-refractivity contribution in [3.63, 3.8) is 0 Å². The fraction of sp³-hybridized carbons (Fsp3) is 0.375. The number of rotatable bonds is 8. The first-order valence-corrected chi connectivity index (χ1v) is 11.5. The average molecular weight is 454 g/mol. The number of nitrogens with one attached hydrogen (secondary N) is 2. The van der Waals surface area contributed by atoms with Gasteiger partial charge in [0.2, 0.25) is 5.91 Å². The first kappa shape index (κ1) is 22.2. The predicted octanol–water partition coefficient (Wildman–Crippen LogP) is 4.75. The van der Waals surface area contributed by atoms with E-state index in [2.05, 4.69) is 20.2 Å². The molecule has 32 heavy (non-hydrogen) atoms. The Morgan fingerprint density at radius 3 is 2.56 bits per heavy atom. The number of benzene rings is 2. The summed E-state index contributed by atoms with van der Waals surface area (Å²) < 4.78 is 13.6. The summed E-state index contributed by atoms with van der Waals surface area (Å²) in [5.74, 6) is 0.799. The van der Waals surface area contributed by atoms with Crippen molar-refractivity contribution in [2.45, 2.75) is 25.7 Å². The molecule has 2 N–H and O–H groups in total. The molecule has 1 aliphatic heterocycles. The number of hydrogen-bond donors (Lipinski definition) is 2. The van der Waals surface area contributed by atoms with Gasteiger partial charge in [-0.25, -0.2) is 9.37 Å². The minimum absolute atomic E-state index is 0.221. The Labute approximate surface area is 192 Å². The number of hydrogen-bond acceptors (Lipinski definition) is 5. The number of aromatic nitrogens is 2. The van der Waals surface area contributed by atoms with E-state index in [0.29, 0.717) is 24.3 Å². The van der Waals surface area contributed by atoms with E-state index in [4.69, 9.17) is 12.2 Å². The van der Waals surface area contributed by atoms with Crippen LogP contribution in [0.25, 0.3) is 10.9 Å². The lowest BCUT2D eigenvalue weighted by Crippen LogP contribution is -2.48. The summed E-state index contributed by atoms with van der Waals surface area (Å²) in [7, 11) is 0. The van der Waals surface area contributed by atoms with Crippen molar-refractivity contribution >= 4 is 40.5 Å². The Morgan fingerprint density at radius 2 is 1.78 bits per heavy atom. The number of piperazine rings is 1. The van der Waals surface area contributed by atoms with Crippen LogP contribution in [0.2, 0.25) is 0 Å². The van der Waals surface area contributed by atoms with Crippen LogP contribution in [0.3, 0.4) is 0 Å². The van der Waals surface area contributed by atoms with Crippen LogP contribution in [-0.2, 0) is 4.79 Å². The van der Waals surface area contributed by atoms with Crippen molar-refractivity contribution in [2.75, 3.05) is 42.9 Å². The number of aromatic amines is 1. The standard InChI is InChI=1S/C24H28FN5OS/c25-18-9-11-19(12-10-18)29-14-16-30(17-15-29)22(31)8-2-1-5-13-26-23-20-6-3-4-7-21(20)27-24(32)28-23/h3-4,6-7,9-12H,1-2,5,8,13-17H2,(H2,26,27,28,32). The molecule has 3 aromatic rings. The molecule has 0 radical (unpaired) electrons. The summed E-state index contributed by atoms with van der Waals surface area (Å²) in [4.78, 5) is 24.2. The summed E-state index contributed by atoms with van der Waals surface area (Å²) >= 11 is 5.21. The van der Waals surface area contributed by atoms with Crippen LogP contribution in [0.4, 0.5) is 15.9 Å². The van der Waals surface area contributed by atoms with Crippen LogP contribution in [0.5, 0.6) is 0 Å². The summed E-state index contributed by atoms with van der Waals surface area (Å²) in [6.07, 6.45) is 3.40. The van der Waals surface area contributed by atoms with Crippen LogP contribution in [0.1, 0.15) is 25.7 Å². The zero-order valence-electron chi connectivity index (χ0n) is 18.0. The van der Waals surface area contributed by atoms with Gasteiger partial charge in [-0.2, -0.15) is 0 Å². The van der Waals surface area contributed by atoms with Gasteiger partial charge in [-0.3, -0.25) is 4.79 Å². The average Bonchev–Trinajstić information content (AvgIpc) is 2.81. The van der Waals surface area contributed by atoms with Crippen LogP contribution in [0.15, 0.2) is 48.5 Å². The molecule has 1 amide bonds. The topological polar surface area (TPSA) is 64.3 Å². The molecule has 0 bridgehead atoms. The van der Waals surface area contributed by atoms with E-state index in [0.717, 1.165) is 61.3 Å². The van der Waals surface area contributed by atoms with Gasteiger partial charge in [-0.15, -0.1) is 0 Å². The van der Waals surface area contributed by atoms with Gasteiger partial charge in [0.25, 0.3) is 0 Å². The Hall–Kier alpha value is -3.00. The highest BCUT2D eigenvalue weighted by Gasteiger charge is 2.20. The monoisotopic (exact) mass is 453 g/mol. The molecule has 0 unspecified atom stereocenters. The molecule has 0 aliphatic carbocycles. The Morgan fingerprint density at radius 1 is 1.03 bits per heavy atom. The van der Waals surface area contributed by atoms with E-state index in [9.17, 15) is 9.18 Å². The van der Waals surface area contributed by atoms with E-state index in [-0.39, 0.29) is 11.7 Å². The quantitative estimate of drug-likeness (QED) is 0.381. The molecule has 0 spiro atoms. The van der Waals surface area contributed by atoms with E-state index < -0.39 is 0 Å². The maximum absolute atomic E-state index is 13.1. The third-order valence-corrected chi connectivity index (χ3v) is 6.01.